The van der Waals surface area contributed by atoms with Gasteiger partial charge in [0.2, 0.25) is 0 Å². The number of anilines is 1. The van der Waals surface area contributed by atoms with Crippen molar-refractivity contribution in [1.82, 2.24) is 10.2 Å². The molecule has 0 unspecified atom stereocenters. The van der Waals surface area contributed by atoms with Crippen LogP contribution in [0.2, 0.25) is 0 Å². The molecule has 0 bridgehead atoms. The maximum Gasteiger partial charge on any atom is 0.280 e. The molecule has 1 aromatic carbocycles. The fraction of sp³-hybridized carbons (Fsp3) is 0.0714. The van der Waals surface area contributed by atoms with Gasteiger partial charge < -0.3 is 0 Å². The van der Waals surface area contributed by atoms with E-state index in [0.717, 1.165) is 11.1 Å². The molecule has 0 radical (unpaired) electrons. The number of halogens is 1. The van der Waals surface area contributed by atoms with E-state index in [1.165, 1.54) is 6.20 Å². The molecule has 0 saturated heterocycles. The number of allylic oxidation sites excluding steroid dienone is 1. The summed E-state index contributed by atoms with van der Waals surface area (Å²) in [5, 5.41) is 10.1. The van der Waals surface area contributed by atoms with Gasteiger partial charge in [0, 0.05) is 0 Å². The molecular weight excluding hydrogens is 320 g/mol. The van der Waals surface area contributed by atoms with Crippen molar-refractivity contribution in [2.75, 3.05) is 5.43 Å². The first-order valence-corrected chi connectivity index (χ1v) is 6.72. The number of aromatic nitrogens is 2. The van der Waals surface area contributed by atoms with Gasteiger partial charge >= 0.3 is 0 Å². The van der Waals surface area contributed by atoms with E-state index < -0.39 is 0 Å². The summed E-state index contributed by atoms with van der Waals surface area (Å²) in [4.78, 5) is 11.3. The van der Waals surface area contributed by atoms with E-state index in [4.69, 9.17) is 0 Å². The summed E-state index contributed by atoms with van der Waals surface area (Å²) in [6.07, 6.45) is 5.18. The fourth-order valence-corrected chi connectivity index (χ4v) is 1.79. The van der Waals surface area contributed by atoms with Gasteiger partial charge in [-0.05, 0) is 34.0 Å². The minimum atomic E-state index is -0.304. The number of aromatic amines is 1. The lowest BCUT2D eigenvalue weighted by molar-refractivity contribution is 0.977. The molecule has 102 valence electrons. The van der Waals surface area contributed by atoms with Gasteiger partial charge in [-0.3, -0.25) is 10.2 Å². The number of hydrogen-bond donors (Lipinski definition) is 2. The van der Waals surface area contributed by atoms with E-state index in [-0.39, 0.29) is 5.56 Å². The van der Waals surface area contributed by atoms with Crippen LogP contribution in [0.25, 0.3) is 6.08 Å². The SMILES string of the molecule is C/C(C=NNc1cn[nH]c(=O)c1Br)=C/c1ccccc1. The summed E-state index contributed by atoms with van der Waals surface area (Å²) in [6, 6.07) is 9.96. The summed E-state index contributed by atoms with van der Waals surface area (Å²) in [5.41, 5.74) is 5.07. The quantitative estimate of drug-likeness (QED) is 0.667. The van der Waals surface area contributed by atoms with E-state index in [2.05, 4.69) is 36.7 Å². The van der Waals surface area contributed by atoms with Crippen LogP contribution in [-0.4, -0.2) is 16.4 Å². The molecule has 0 amide bonds. The number of hydrogen-bond acceptors (Lipinski definition) is 4. The first-order chi connectivity index (χ1) is 9.66. The minimum absolute atomic E-state index is 0.304. The molecule has 2 N–H and O–H groups in total. The molecule has 0 atom stereocenters. The predicted molar refractivity (Wildman–Crippen MR) is 84.8 cm³/mol. The lowest BCUT2D eigenvalue weighted by Crippen LogP contribution is -2.10. The molecule has 6 heteroatoms. The molecule has 20 heavy (non-hydrogen) atoms. The second-order valence-corrected chi connectivity index (χ2v) is 4.89. The summed E-state index contributed by atoms with van der Waals surface area (Å²) in [7, 11) is 0. The van der Waals surface area contributed by atoms with Crippen LogP contribution >= 0.6 is 15.9 Å². The molecule has 5 nitrogen and oxygen atoms in total. The van der Waals surface area contributed by atoms with Crippen LogP contribution < -0.4 is 11.0 Å². The Kier molecular flexibility index (Phi) is 4.84. The zero-order chi connectivity index (χ0) is 14.4. The van der Waals surface area contributed by atoms with Crippen molar-refractivity contribution in [2.24, 2.45) is 5.10 Å². The molecule has 0 aliphatic rings. The van der Waals surface area contributed by atoms with Crippen LogP contribution in [0, 0.1) is 0 Å². The van der Waals surface area contributed by atoms with Crippen LogP contribution in [0.5, 0.6) is 0 Å². The number of nitrogens with zero attached hydrogens (tertiary/aromatic N) is 2. The van der Waals surface area contributed by atoms with Gasteiger partial charge in [-0.25, -0.2) is 5.10 Å². The molecule has 2 rings (SSSR count). The van der Waals surface area contributed by atoms with E-state index in [1.807, 2.05) is 43.3 Å². The monoisotopic (exact) mass is 332 g/mol. The van der Waals surface area contributed by atoms with Gasteiger partial charge in [0.15, 0.2) is 0 Å². The van der Waals surface area contributed by atoms with Gasteiger partial charge in [0.1, 0.15) is 4.47 Å². The largest absolute Gasteiger partial charge is 0.280 e. The Hall–Kier alpha value is -2.21. The van der Waals surface area contributed by atoms with Crippen molar-refractivity contribution in [2.45, 2.75) is 6.92 Å². The molecule has 0 aliphatic carbocycles. The molecule has 1 aromatic heterocycles. The zero-order valence-corrected chi connectivity index (χ0v) is 12.4. The Morgan fingerprint density at radius 2 is 2.15 bits per heavy atom. The van der Waals surface area contributed by atoms with Gasteiger partial charge in [-0.1, -0.05) is 36.4 Å². The molecule has 0 spiro atoms. The Bertz CT molecular complexity index is 692. The Morgan fingerprint density at radius 3 is 2.90 bits per heavy atom. The van der Waals surface area contributed by atoms with Crippen molar-refractivity contribution in [3.05, 3.63) is 62.5 Å². The number of H-pyrrole nitrogens is 1. The van der Waals surface area contributed by atoms with Crippen LogP contribution in [0.15, 0.2) is 56.5 Å². The third-order valence-electron chi connectivity index (χ3n) is 2.44. The minimum Gasteiger partial charge on any atom is -0.276 e. The average Bonchev–Trinajstić information content (AvgIpc) is 2.44. The number of rotatable bonds is 4. The summed E-state index contributed by atoms with van der Waals surface area (Å²) < 4.78 is 0.370. The van der Waals surface area contributed by atoms with Crippen LogP contribution in [-0.2, 0) is 0 Å². The predicted octanol–water partition coefficient (Wildman–Crippen LogP) is 3.03. The second-order valence-electron chi connectivity index (χ2n) is 4.10. The maximum absolute atomic E-state index is 11.3. The van der Waals surface area contributed by atoms with E-state index >= 15 is 0 Å². The highest BCUT2D eigenvalue weighted by Crippen LogP contribution is 2.14. The fourth-order valence-electron chi connectivity index (χ4n) is 1.51. The van der Waals surface area contributed by atoms with Crippen molar-refractivity contribution >= 4 is 33.9 Å². The van der Waals surface area contributed by atoms with Crippen LogP contribution in [0.3, 0.4) is 0 Å². The average molecular weight is 333 g/mol. The standard InChI is InChI=1S/C14H13BrN4O/c1-10(7-11-5-3-2-4-6-11)8-16-18-12-9-17-19-14(20)13(12)15/h2-9H,1H3,(H2,18,19,20)/b10-7-,16-8?. The van der Waals surface area contributed by atoms with Crippen molar-refractivity contribution in [3.8, 4) is 0 Å². The topological polar surface area (TPSA) is 70.1 Å². The molecular formula is C14H13BrN4O. The van der Waals surface area contributed by atoms with Crippen molar-refractivity contribution < 1.29 is 0 Å². The van der Waals surface area contributed by atoms with Gasteiger partial charge in [-0.2, -0.15) is 10.2 Å². The Labute approximate surface area is 124 Å². The Balaban J connectivity index is 2.05. The van der Waals surface area contributed by atoms with Crippen LogP contribution in [0.4, 0.5) is 5.69 Å². The lowest BCUT2D eigenvalue weighted by atomic mass is 10.1. The van der Waals surface area contributed by atoms with E-state index in [9.17, 15) is 4.79 Å². The molecule has 1 heterocycles. The highest BCUT2D eigenvalue weighted by atomic mass is 79.9. The van der Waals surface area contributed by atoms with Gasteiger partial charge in [0.25, 0.3) is 5.56 Å². The van der Waals surface area contributed by atoms with E-state index in [1.54, 1.807) is 6.21 Å². The highest BCUT2D eigenvalue weighted by Gasteiger charge is 2.01. The third-order valence-corrected chi connectivity index (χ3v) is 3.23. The first-order valence-electron chi connectivity index (χ1n) is 5.92. The van der Waals surface area contributed by atoms with Crippen LogP contribution in [0.1, 0.15) is 12.5 Å². The molecule has 0 fully saturated rings. The zero-order valence-electron chi connectivity index (χ0n) is 10.8. The summed E-state index contributed by atoms with van der Waals surface area (Å²) in [6.45, 7) is 1.95. The normalized spacial score (nSPS) is 11.8. The van der Waals surface area contributed by atoms with E-state index in [0.29, 0.717) is 10.2 Å². The van der Waals surface area contributed by atoms with Crippen molar-refractivity contribution in [1.29, 1.82) is 0 Å². The molecule has 0 saturated carbocycles. The van der Waals surface area contributed by atoms with Gasteiger partial charge in [-0.15, -0.1) is 0 Å². The highest BCUT2D eigenvalue weighted by molar-refractivity contribution is 9.10. The number of hydrazone groups is 1. The maximum atomic E-state index is 11.3. The molecule has 0 aliphatic heterocycles. The summed E-state index contributed by atoms with van der Waals surface area (Å²) >= 11 is 3.17. The first kappa shape index (κ1) is 14.2. The summed E-state index contributed by atoms with van der Waals surface area (Å²) in [5.74, 6) is 0. The third kappa shape index (κ3) is 3.89. The van der Waals surface area contributed by atoms with Gasteiger partial charge in [0.05, 0.1) is 18.1 Å². The molecule has 2 aromatic rings. The number of benzene rings is 1. The lowest BCUT2D eigenvalue weighted by Gasteiger charge is -2.00. The number of nitrogens with one attached hydrogen (secondary N) is 2. The smallest absolute Gasteiger partial charge is 0.276 e. The second kappa shape index (κ2) is 6.81. The van der Waals surface area contributed by atoms with Crippen molar-refractivity contribution in [3.63, 3.8) is 0 Å². The Morgan fingerprint density at radius 1 is 1.40 bits per heavy atom.